The summed E-state index contributed by atoms with van der Waals surface area (Å²) >= 11 is 0. The molecule has 0 amide bonds. The van der Waals surface area contributed by atoms with Gasteiger partial charge in [0.1, 0.15) is 17.1 Å². The number of aromatic carboxylic acids is 1. The highest BCUT2D eigenvalue weighted by Gasteiger charge is 2.27. The molecule has 30 heavy (non-hydrogen) atoms. The lowest BCUT2D eigenvalue weighted by Crippen LogP contribution is -2.34. The first-order chi connectivity index (χ1) is 14.5. The average Bonchev–Trinajstić information content (AvgIpc) is 3.18. The SMILES string of the molecule is CN=C(NC)NCc1noc(C(C)c2ccc(-c3ccccc3)c(F)c2)c1C(=O)O. The highest BCUT2D eigenvalue weighted by atomic mass is 19.1. The smallest absolute Gasteiger partial charge is 0.341 e. The van der Waals surface area contributed by atoms with Crippen molar-refractivity contribution >= 4 is 11.9 Å². The summed E-state index contributed by atoms with van der Waals surface area (Å²) < 4.78 is 20.1. The van der Waals surface area contributed by atoms with Crippen LogP contribution in [0.3, 0.4) is 0 Å². The maximum absolute atomic E-state index is 14.8. The third-order valence-electron chi connectivity index (χ3n) is 4.86. The lowest BCUT2D eigenvalue weighted by molar-refractivity contribution is 0.0693. The minimum Gasteiger partial charge on any atom is -0.477 e. The van der Waals surface area contributed by atoms with E-state index in [1.54, 1.807) is 33.2 Å². The van der Waals surface area contributed by atoms with Gasteiger partial charge in [-0.3, -0.25) is 4.99 Å². The Morgan fingerprint density at radius 2 is 2.00 bits per heavy atom. The van der Waals surface area contributed by atoms with E-state index in [1.165, 1.54) is 6.07 Å². The van der Waals surface area contributed by atoms with E-state index in [9.17, 15) is 14.3 Å². The minimum atomic E-state index is -1.16. The van der Waals surface area contributed by atoms with E-state index in [0.29, 0.717) is 17.1 Å². The molecule has 0 aliphatic heterocycles. The molecule has 0 saturated carbocycles. The molecule has 0 fully saturated rings. The highest BCUT2D eigenvalue weighted by Crippen LogP contribution is 2.32. The van der Waals surface area contributed by atoms with Crippen LogP contribution in [-0.2, 0) is 6.54 Å². The summed E-state index contributed by atoms with van der Waals surface area (Å²) in [5, 5.41) is 19.4. The number of halogens is 1. The number of carbonyl (C=O) groups is 1. The Balaban J connectivity index is 1.90. The van der Waals surface area contributed by atoms with Gasteiger partial charge in [0.2, 0.25) is 0 Å². The first kappa shape index (κ1) is 21.0. The van der Waals surface area contributed by atoms with E-state index in [-0.39, 0.29) is 29.4 Å². The lowest BCUT2D eigenvalue weighted by Gasteiger charge is -2.12. The molecule has 0 bridgehead atoms. The number of hydrogen-bond donors (Lipinski definition) is 3. The molecule has 0 radical (unpaired) electrons. The molecular weight excluding hydrogens is 387 g/mol. The number of hydrogen-bond acceptors (Lipinski definition) is 4. The number of carboxylic acid groups (broad SMARTS) is 1. The maximum Gasteiger partial charge on any atom is 0.341 e. The molecule has 0 saturated heterocycles. The molecule has 156 valence electrons. The summed E-state index contributed by atoms with van der Waals surface area (Å²) in [5.74, 6) is -1.38. The Hall–Kier alpha value is -3.68. The maximum atomic E-state index is 14.8. The van der Waals surface area contributed by atoms with Crippen LogP contribution in [0, 0.1) is 5.82 Å². The second kappa shape index (κ2) is 9.21. The molecule has 1 unspecified atom stereocenters. The van der Waals surface area contributed by atoms with Gasteiger partial charge in [-0.1, -0.05) is 54.5 Å². The molecule has 3 N–H and O–H groups in total. The standard InChI is InChI=1S/C22H23FN4O3/c1-13(15-9-10-16(17(23)11-15)14-7-5-4-6-8-14)20-19(21(28)29)18(27-30-20)12-26-22(24-2)25-3/h4-11,13H,12H2,1-3H3,(H,28,29)(H2,24,25,26). The first-order valence-electron chi connectivity index (χ1n) is 9.41. The third kappa shape index (κ3) is 4.32. The molecule has 1 heterocycles. The van der Waals surface area contributed by atoms with Gasteiger partial charge in [0, 0.05) is 25.6 Å². The van der Waals surface area contributed by atoms with E-state index in [1.807, 2.05) is 30.3 Å². The second-order valence-electron chi connectivity index (χ2n) is 6.68. The second-order valence-corrected chi connectivity index (χ2v) is 6.68. The van der Waals surface area contributed by atoms with Crippen LogP contribution in [0.25, 0.3) is 11.1 Å². The highest BCUT2D eigenvalue weighted by molar-refractivity contribution is 5.90. The summed E-state index contributed by atoms with van der Waals surface area (Å²) in [6, 6.07) is 14.1. The van der Waals surface area contributed by atoms with Crippen molar-refractivity contribution in [1.82, 2.24) is 15.8 Å². The number of guanidine groups is 1. The zero-order valence-corrected chi connectivity index (χ0v) is 16.9. The zero-order valence-electron chi connectivity index (χ0n) is 16.9. The molecule has 3 rings (SSSR count). The van der Waals surface area contributed by atoms with Crippen LogP contribution in [-0.4, -0.2) is 36.3 Å². The first-order valence-corrected chi connectivity index (χ1v) is 9.41. The number of rotatable bonds is 6. The number of nitrogens with one attached hydrogen (secondary N) is 2. The van der Waals surface area contributed by atoms with E-state index in [2.05, 4.69) is 20.8 Å². The van der Waals surface area contributed by atoms with Crippen molar-refractivity contribution in [3.05, 3.63) is 76.9 Å². The Morgan fingerprint density at radius 1 is 1.27 bits per heavy atom. The number of carboxylic acids is 1. The van der Waals surface area contributed by atoms with Crippen molar-refractivity contribution in [3.8, 4) is 11.1 Å². The number of aromatic nitrogens is 1. The van der Waals surface area contributed by atoms with Crippen LogP contribution in [0.2, 0.25) is 0 Å². The van der Waals surface area contributed by atoms with Crippen LogP contribution >= 0.6 is 0 Å². The largest absolute Gasteiger partial charge is 0.477 e. The van der Waals surface area contributed by atoms with Crippen LogP contribution in [0.15, 0.2) is 58.0 Å². The quantitative estimate of drug-likeness (QED) is 0.424. The molecule has 3 aromatic rings. The predicted octanol–water partition coefficient (Wildman–Crippen LogP) is 3.63. The summed E-state index contributed by atoms with van der Waals surface area (Å²) in [6.07, 6.45) is 0. The van der Waals surface area contributed by atoms with E-state index in [0.717, 1.165) is 5.56 Å². The van der Waals surface area contributed by atoms with Gasteiger partial charge in [0.15, 0.2) is 11.7 Å². The summed E-state index contributed by atoms with van der Waals surface area (Å²) in [4.78, 5) is 15.9. The predicted molar refractivity (Wildman–Crippen MR) is 112 cm³/mol. The van der Waals surface area contributed by atoms with Gasteiger partial charge in [-0.15, -0.1) is 0 Å². The fourth-order valence-electron chi connectivity index (χ4n) is 3.23. The Bertz CT molecular complexity index is 1060. The fourth-order valence-corrected chi connectivity index (χ4v) is 3.23. The molecule has 1 aromatic heterocycles. The van der Waals surface area contributed by atoms with Gasteiger partial charge in [-0.25, -0.2) is 9.18 Å². The van der Waals surface area contributed by atoms with Gasteiger partial charge in [0.05, 0.1) is 6.54 Å². The number of benzene rings is 2. The third-order valence-corrected chi connectivity index (χ3v) is 4.86. The van der Waals surface area contributed by atoms with Crippen LogP contribution in [0.5, 0.6) is 0 Å². The van der Waals surface area contributed by atoms with E-state index in [4.69, 9.17) is 4.52 Å². The van der Waals surface area contributed by atoms with Crippen molar-refractivity contribution in [2.24, 2.45) is 4.99 Å². The van der Waals surface area contributed by atoms with E-state index >= 15 is 0 Å². The van der Waals surface area contributed by atoms with Gasteiger partial charge >= 0.3 is 5.97 Å². The van der Waals surface area contributed by atoms with Gasteiger partial charge < -0.3 is 20.3 Å². The van der Waals surface area contributed by atoms with Gasteiger partial charge in [0.25, 0.3) is 0 Å². The fraction of sp³-hybridized carbons (Fsp3) is 0.227. The Morgan fingerprint density at radius 3 is 2.60 bits per heavy atom. The van der Waals surface area contributed by atoms with Crippen molar-refractivity contribution in [1.29, 1.82) is 0 Å². The Labute approximate surface area is 173 Å². The van der Waals surface area contributed by atoms with Gasteiger partial charge in [-0.2, -0.15) is 0 Å². The number of nitrogens with zero attached hydrogens (tertiary/aromatic N) is 2. The zero-order chi connectivity index (χ0) is 21.7. The van der Waals surface area contributed by atoms with Crippen LogP contribution < -0.4 is 10.6 Å². The van der Waals surface area contributed by atoms with Crippen molar-refractivity contribution < 1.29 is 18.8 Å². The summed E-state index contributed by atoms with van der Waals surface area (Å²) in [5.41, 5.74) is 2.05. The molecule has 1 atom stereocenters. The molecular formula is C22H23FN4O3. The average molecular weight is 410 g/mol. The molecule has 8 heteroatoms. The molecule has 0 spiro atoms. The molecule has 0 aliphatic rings. The summed E-state index contributed by atoms with van der Waals surface area (Å²) in [6.45, 7) is 1.88. The van der Waals surface area contributed by atoms with Crippen molar-refractivity contribution in [2.75, 3.05) is 14.1 Å². The minimum absolute atomic E-state index is 0.0332. The van der Waals surface area contributed by atoms with Crippen molar-refractivity contribution in [2.45, 2.75) is 19.4 Å². The van der Waals surface area contributed by atoms with Crippen molar-refractivity contribution in [3.63, 3.8) is 0 Å². The summed E-state index contributed by atoms with van der Waals surface area (Å²) in [7, 11) is 3.29. The van der Waals surface area contributed by atoms with E-state index < -0.39 is 11.9 Å². The van der Waals surface area contributed by atoms with Crippen LogP contribution in [0.1, 0.15) is 40.2 Å². The normalized spacial score (nSPS) is 12.5. The Kier molecular flexibility index (Phi) is 6.46. The monoisotopic (exact) mass is 410 g/mol. The lowest BCUT2D eigenvalue weighted by atomic mass is 9.93. The topological polar surface area (TPSA) is 99.8 Å². The molecule has 7 nitrogen and oxygen atoms in total. The number of aliphatic imine (C=N–C) groups is 1. The molecule has 2 aromatic carbocycles. The molecule has 0 aliphatic carbocycles. The van der Waals surface area contributed by atoms with Crippen LogP contribution in [0.4, 0.5) is 4.39 Å². The van der Waals surface area contributed by atoms with Gasteiger partial charge in [-0.05, 0) is 17.2 Å².